The average Bonchev–Trinajstić information content (AvgIpc) is 2.08. The van der Waals surface area contributed by atoms with Crippen molar-refractivity contribution in [1.82, 2.24) is 0 Å². The Morgan fingerprint density at radius 2 is 2.17 bits per heavy atom. The van der Waals surface area contributed by atoms with E-state index in [9.17, 15) is 5.21 Å². The maximum absolute atomic E-state index is 9.34. The summed E-state index contributed by atoms with van der Waals surface area (Å²) in [5, 5.41) is 10.5. The fraction of sp³-hybridized carbons (Fsp3) is 0.333. The van der Waals surface area contributed by atoms with Crippen LogP contribution in [0.15, 0.2) is 18.2 Å². The number of anilines is 2. The van der Waals surface area contributed by atoms with Gasteiger partial charge in [0.05, 0.1) is 5.69 Å². The minimum atomic E-state index is 0.573. The molecule has 0 spiro atoms. The van der Waals surface area contributed by atoms with Crippen LogP contribution in [0.4, 0.5) is 11.4 Å². The Morgan fingerprint density at radius 1 is 1.50 bits per heavy atom. The number of benzene rings is 1. The zero-order valence-electron chi connectivity index (χ0n) is 7.41. The van der Waals surface area contributed by atoms with Crippen molar-refractivity contribution in [3.05, 3.63) is 23.8 Å². The van der Waals surface area contributed by atoms with Crippen molar-refractivity contribution in [2.75, 3.05) is 17.3 Å². The summed E-state index contributed by atoms with van der Waals surface area (Å²) in [5.74, 6) is 0. The summed E-state index contributed by atoms with van der Waals surface area (Å²) in [4.78, 5) is 0. The molecule has 0 radical (unpaired) electrons. The highest BCUT2D eigenvalue weighted by Crippen LogP contribution is 2.18. The maximum Gasteiger partial charge on any atom is 0.0638 e. The van der Waals surface area contributed by atoms with Crippen molar-refractivity contribution in [3.63, 3.8) is 0 Å². The van der Waals surface area contributed by atoms with E-state index in [4.69, 9.17) is 5.73 Å². The smallest absolute Gasteiger partial charge is 0.0638 e. The van der Waals surface area contributed by atoms with Crippen LogP contribution in [0, 0.1) is 6.92 Å². The molecule has 0 saturated carbocycles. The van der Waals surface area contributed by atoms with E-state index in [1.165, 1.54) is 5.06 Å². The van der Waals surface area contributed by atoms with Gasteiger partial charge >= 0.3 is 0 Å². The summed E-state index contributed by atoms with van der Waals surface area (Å²) in [7, 11) is 0. The molecule has 0 bridgehead atoms. The molecule has 1 aromatic carbocycles. The van der Waals surface area contributed by atoms with Crippen LogP contribution in [0.3, 0.4) is 0 Å². The molecule has 0 aliphatic rings. The Balaban J connectivity index is 2.96. The summed E-state index contributed by atoms with van der Waals surface area (Å²) >= 11 is 0. The predicted octanol–water partition coefficient (Wildman–Crippen LogP) is 1.79. The van der Waals surface area contributed by atoms with E-state index >= 15 is 0 Å². The molecule has 3 heteroatoms. The minimum absolute atomic E-state index is 0.573. The Bertz CT molecular complexity index is 273. The van der Waals surface area contributed by atoms with Gasteiger partial charge in [0.2, 0.25) is 0 Å². The van der Waals surface area contributed by atoms with Crippen LogP contribution in [0.2, 0.25) is 0 Å². The summed E-state index contributed by atoms with van der Waals surface area (Å²) in [6, 6.07) is 5.45. The van der Waals surface area contributed by atoms with Crippen LogP contribution < -0.4 is 10.8 Å². The van der Waals surface area contributed by atoms with Gasteiger partial charge in [0, 0.05) is 12.2 Å². The van der Waals surface area contributed by atoms with E-state index in [2.05, 4.69) is 0 Å². The molecule has 0 amide bonds. The number of nitrogen functional groups attached to an aromatic ring is 1. The number of hydrogen-bond donors (Lipinski definition) is 2. The first-order chi connectivity index (χ1) is 5.65. The van der Waals surface area contributed by atoms with E-state index in [0.29, 0.717) is 6.54 Å². The number of hydrogen-bond acceptors (Lipinski definition) is 3. The third-order valence-electron chi connectivity index (χ3n) is 1.85. The molecule has 1 aromatic rings. The molecule has 3 nitrogen and oxygen atoms in total. The van der Waals surface area contributed by atoms with Gasteiger partial charge in [-0.05, 0) is 37.6 Å². The monoisotopic (exact) mass is 166 g/mol. The van der Waals surface area contributed by atoms with Gasteiger partial charge in [-0.25, -0.2) is 0 Å². The van der Waals surface area contributed by atoms with E-state index in [-0.39, 0.29) is 0 Å². The largest absolute Gasteiger partial charge is 0.399 e. The summed E-state index contributed by atoms with van der Waals surface area (Å²) < 4.78 is 0. The van der Waals surface area contributed by atoms with Gasteiger partial charge < -0.3 is 5.73 Å². The van der Waals surface area contributed by atoms with Gasteiger partial charge in [-0.3, -0.25) is 10.3 Å². The number of aryl methyl sites for hydroxylation is 1. The molecule has 0 aliphatic heterocycles. The lowest BCUT2D eigenvalue weighted by molar-refractivity contribution is 0.260. The molecule has 3 N–H and O–H groups in total. The van der Waals surface area contributed by atoms with Gasteiger partial charge in [0.1, 0.15) is 0 Å². The first-order valence-electron chi connectivity index (χ1n) is 3.97. The molecule has 0 aliphatic carbocycles. The van der Waals surface area contributed by atoms with Gasteiger partial charge in [-0.1, -0.05) is 0 Å². The van der Waals surface area contributed by atoms with Gasteiger partial charge in [0.25, 0.3) is 0 Å². The second-order valence-electron chi connectivity index (χ2n) is 2.76. The molecule has 1 rings (SSSR count). The van der Waals surface area contributed by atoms with E-state index in [1.54, 1.807) is 12.1 Å². The Labute approximate surface area is 72.4 Å². The van der Waals surface area contributed by atoms with Gasteiger partial charge in [-0.2, -0.15) is 0 Å². The first-order valence-corrected chi connectivity index (χ1v) is 3.97. The van der Waals surface area contributed by atoms with Crippen LogP contribution in [-0.2, 0) is 0 Å². The Kier molecular flexibility index (Phi) is 2.55. The molecule has 66 valence electrons. The number of rotatable bonds is 2. The average molecular weight is 166 g/mol. The number of hydroxylamine groups is 1. The highest BCUT2D eigenvalue weighted by Gasteiger charge is 2.00. The first kappa shape index (κ1) is 8.87. The molecule has 0 unspecified atom stereocenters. The topological polar surface area (TPSA) is 49.5 Å². The van der Waals surface area contributed by atoms with Gasteiger partial charge in [0.15, 0.2) is 0 Å². The lowest BCUT2D eigenvalue weighted by Crippen LogP contribution is -2.16. The standard InChI is InChI=1S/C9H14N2O/c1-3-11(12)8-4-5-9(10)7(2)6-8/h4-6,12H,3,10H2,1-2H3. The quantitative estimate of drug-likeness (QED) is 0.520. The lowest BCUT2D eigenvalue weighted by Gasteiger charge is -2.15. The van der Waals surface area contributed by atoms with Crippen molar-refractivity contribution in [1.29, 1.82) is 0 Å². The van der Waals surface area contributed by atoms with Crippen LogP contribution in [0.1, 0.15) is 12.5 Å². The predicted molar refractivity (Wildman–Crippen MR) is 50.4 cm³/mol. The van der Waals surface area contributed by atoms with Gasteiger partial charge in [-0.15, -0.1) is 0 Å². The molecule has 0 atom stereocenters. The third-order valence-corrected chi connectivity index (χ3v) is 1.85. The third kappa shape index (κ3) is 1.68. The number of nitrogens with two attached hydrogens (primary N) is 1. The number of nitrogens with zero attached hydrogens (tertiary/aromatic N) is 1. The van der Waals surface area contributed by atoms with Crippen LogP contribution in [0.5, 0.6) is 0 Å². The maximum atomic E-state index is 9.34. The summed E-state index contributed by atoms with van der Waals surface area (Å²) in [6.45, 7) is 4.37. The highest BCUT2D eigenvalue weighted by molar-refractivity contribution is 5.56. The Morgan fingerprint density at radius 3 is 2.67 bits per heavy atom. The fourth-order valence-corrected chi connectivity index (χ4v) is 1.00. The Hall–Kier alpha value is -1.22. The summed E-state index contributed by atoms with van der Waals surface area (Å²) in [5.41, 5.74) is 8.15. The fourth-order valence-electron chi connectivity index (χ4n) is 1.00. The molecular weight excluding hydrogens is 152 g/mol. The van der Waals surface area contributed by atoms with E-state index in [1.807, 2.05) is 19.9 Å². The SMILES string of the molecule is CCN(O)c1ccc(N)c(C)c1. The van der Waals surface area contributed by atoms with Crippen molar-refractivity contribution < 1.29 is 5.21 Å². The van der Waals surface area contributed by atoms with Crippen LogP contribution in [-0.4, -0.2) is 11.8 Å². The lowest BCUT2D eigenvalue weighted by atomic mass is 10.2. The molecular formula is C9H14N2O. The zero-order valence-corrected chi connectivity index (χ0v) is 7.41. The summed E-state index contributed by atoms with van der Waals surface area (Å²) in [6.07, 6.45) is 0. The second-order valence-corrected chi connectivity index (χ2v) is 2.76. The zero-order chi connectivity index (χ0) is 9.14. The van der Waals surface area contributed by atoms with Crippen molar-refractivity contribution >= 4 is 11.4 Å². The highest BCUT2D eigenvalue weighted by atomic mass is 16.5. The molecule has 0 fully saturated rings. The van der Waals surface area contributed by atoms with Crippen molar-refractivity contribution in [3.8, 4) is 0 Å². The molecule has 0 heterocycles. The molecule has 0 saturated heterocycles. The molecule has 0 aromatic heterocycles. The normalized spacial score (nSPS) is 9.92. The van der Waals surface area contributed by atoms with Crippen molar-refractivity contribution in [2.24, 2.45) is 0 Å². The molecule has 12 heavy (non-hydrogen) atoms. The van der Waals surface area contributed by atoms with Crippen molar-refractivity contribution in [2.45, 2.75) is 13.8 Å². The van der Waals surface area contributed by atoms with E-state index < -0.39 is 0 Å². The van der Waals surface area contributed by atoms with Crippen LogP contribution >= 0.6 is 0 Å². The second kappa shape index (κ2) is 3.45. The minimum Gasteiger partial charge on any atom is -0.399 e. The van der Waals surface area contributed by atoms with Crippen LogP contribution in [0.25, 0.3) is 0 Å². The van der Waals surface area contributed by atoms with E-state index in [0.717, 1.165) is 16.9 Å².